The van der Waals surface area contributed by atoms with Gasteiger partial charge in [-0.2, -0.15) is 0 Å². The molecular formula is C13H13F3N2O2. The Morgan fingerprint density at radius 2 is 1.80 bits per heavy atom. The van der Waals surface area contributed by atoms with Gasteiger partial charge in [-0.15, -0.1) is 13.2 Å². The summed E-state index contributed by atoms with van der Waals surface area (Å²) >= 11 is 0. The Morgan fingerprint density at radius 3 is 2.25 bits per heavy atom. The van der Waals surface area contributed by atoms with Crippen LogP contribution in [0.3, 0.4) is 0 Å². The predicted octanol–water partition coefficient (Wildman–Crippen LogP) is 3.24. The maximum Gasteiger partial charge on any atom is 0.573 e. The Hall–Kier alpha value is -2.02. The van der Waals surface area contributed by atoms with Crippen molar-refractivity contribution in [2.45, 2.75) is 26.3 Å². The van der Waals surface area contributed by atoms with Gasteiger partial charge >= 0.3 is 6.36 Å². The lowest BCUT2D eigenvalue weighted by Gasteiger charge is -2.13. The number of benzene rings is 1. The van der Waals surface area contributed by atoms with Crippen LogP contribution in [0.25, 0.3) is 0 Å². The molecule has 0 radical (unpaired) electrons. The fourth-order valence-electron chi connectivity index (χ4n) is 1.98. The van der Waals surface area contributed by atoms with E-state index in [9.17, 15) is 13.2 Å². The second kappa shape index (κ2) is 5.16. The molecule has 0 spiro atoms. The Kier molecular flexibility index (Phi) is 3.71. The van der Waals surface area contributed by atoms with Gasteiger partial charge < -0.3 is 15.0 Å². The predicted molar refractivity (Wildman–Crippen MR) is 65.1 cm³/mol. The van der Waals surface area contributed by atoms with Gasteiger partial charge in [-0.3, -0.25) is 0 Å². The number of nitrogens with zero attached hydrogens (tertiary/aromatic N) is 1. The van der Waals surface area contributed by atoms with E-state index in [-0.39, 0.29) is 5.75 Å². The third-order valence-corrected chi connectivity index (χ3v) is 2.87. The zero-order valence-electron chi connectivity index (χ0n) is 10.9. The van der Waals surface area contributed by atoms with E-state index in [1.807, 2.05) is 0 Å². The Labute approximate surface area is 113 Å². The van der Waals surface area contributed by atoms with Crippen molar-refractivity contribution in [3.63, 3.8) is 0 Å². The van der Waals surface area contributed by atoms with Crippen LogP contribution < -0.4 is 10.5 Å². The first kappa shape index (κ1) is 14.4. The zero-order chi connectivity index (χ0) is 14.9. The van der Waals surface area contributed by atoms with Crippen LogP contribution in [-0.2, 0) is 0 Å². The molecular weight excluding hydrogens is 273 g/mol. The molecule has 1 heterocycles. The monoisotopic (exact) mass is 286 g/mol. The molecule has 0 aliphatic rings. The molecule has 4 nitrogen and oxygen atoms in total. The number of halogens is 3. The molecule has 0 bridgehead atoms. The van der Waals surface area contributed by atoms with Crippen molar-refractivity contribution in [1.82, 2.24) is 5.16 Å². The van der Waals surface area contributed by atoms with Crippen molar-refractivity contribution in [2.24, 2.45) is 5.73 Å². The molecule has 1 aromatic heterocycles. The van der Waals surface area contributed by atoms with Gasteiger partial charge in [-0.05, 0) is 31.5 Å². The number of rotatable bonds is 3. The van der Waals surface area contributed by atoms with Gasteiger partial charge in [0.25, 0.3) is 0 Å². The topological polar surface area (TPSA) is 61.3 Å². The third kappa shape index (κ3) is 3.11. The molecule has 20 heavy (non-hydrogen) atoms. The van der Waals surface area contributed by atoms with Crippen LogP contribution >= 0.6 is 0 Å². The highest BCUT2D eigenvalue weighted by atomic mass is 19.4. The molecule has 1 unspecified atom stereocenters. The SMILES string of the molecule is Cc1noc(C)c1C(N)c1ccc(OC(F)(F)F)cc1. The van der Waals surface area contributed by atoms with Gasteiger partial charge in [-0.1, -0.05) is 17.3 Å². The molecule has 0 saturated heterocycles. The Bertz CT molecular complexity index is 571. The van der Waals surface area contributed by atoms with E-state index in [2.05, 4.69) is 9.89 Å². The van der Waals surface area contributed by atoms with Crippen molar-refractivity contribution in [3.05, 3.63) is 46.8 Å². The van der Waals surface area contributed by atoms with E-state index in [0.717, 1.165) is 5.56 Å². The number of hydrogen-bond donors (Lipinski definition) is 1. The number of ether oxygens (including phenoxy) is 1. The summed E-state index contributed by atoms with van der Waals surface area (Å²) in [7, 11) is 0. The second-order valence-corrected chi connectivity index (χ2v) is 4.33. The van der Waals surface area contributed by atoms with Crippen molar-refractivity contribution >= 4 is 0 Å². The van der Waals surface area contributed by atoms with Crippen LogP contribution in [0.4, 0.5) is 13.2 Å². The minimum Gasteiger partial charge on any atom is -0.406 e. The van der Waals surface area contributed by atoms with Crippen molar-refractivity contribution in [1.29, 1.82) is 0 Å². The van der Waals surface area contributed by atoms with E-state index in [1.54, 1.807) is 13.8 Å². The highest BCUT2D eigenvalue weighted by molar-refractivity contribution is 5.37. The summed E-state index contributed by atoms with van der Waals surface area (Å²) in [6.07, 6.45) is -4.70. The van der Waals surface area contributed by atoms with Crippen molar-refractivity contribution < 1.29 is 22.4 Å². The first-order valence-electron chi connectivity index (χ1n) is 5.82. The molecule has 0 saturated carbocycles. The number of hydrogen-bond acceptors (Lipinski definition) is 4. The summed E-state index contributed by atoms with van der Waals surface area (Å²) in [5.74, 6) is 0.304. The van der Waals surface area contributed by atoms with Crippen LogP contribution in [-0.4, -0.2) is 11.5 Å². The maximum absolute atomic E-state index is 12.1. The molecule has 1 aromatic carbocycles. The zero-order valence-corrected chi connectivity index (χ0v) is 10.9. The quantitative estimate of drug-likeness (QED) is 0.941. The Morgan fingerprint density at radius 1 is 1.20 bits per heavy atom. The summed E-state index contributed by atoms with van der Waals surface area (Å²) in [6, 6.07) is 4.90. The van der Waals surface area contributed by atoms with Crippen LogP contribution in [0.5, 0.6) is 5.75 Å². The fourth-order valence-corrected chi connectivity index (χ4v) is 1.98. The van der Waals surface area contributed by atoms with Crippen molar-refractivity contribution in [3.8, 4) is 5.75 Å². The first-order valence-corrected chi connectivity index (χ1v) is 5.82. The molecule has 108 valence electrons. The van der Waals surface area contributed by atoms with Crippen LogP contribution in [0.2, 0.25) is 0 Å². The largest absolute Gasteiger partial charge is 0.573 e. The van der Waals surface area contributed by atoms with Gasteiger partial charge in [0, 0.05) is 5.56 Å². The first-order chi connectivity index (χ1) is 9.28. The lowest BCUT2D eigenvalue weighted by atomic mass is 9.98. The number of alkyl halides is 3. The van der Waals surface area contributed by atoms with Gasteiger partial charge in [0.2, 0.25) is 0 Å². The number of aromatic nitrogens is 1. The Balaban J connectivity index is 2.22. The molecule has 1 atom stereocenters. The highest BCUT2D eigenvalue weighted by Crippen LogP contribution is 2.28. The molecule has 2 N–H and O–H groups in total. The van der Waals surface area contributed by atoms with Gasteiger partial charge in [0.15, 0.2) is 0 Å². The van der Waals surface area contributed by atoms with E-state index in [1.165, 1.54) is 24.3 Å². The van der Waals surface area contributed by atoms with E-state index in [4.69, 9.17) is 10.3 Å². The number of aryl methyl sites for hydroxylation is 2. The van der Waals surface area contributed by atoms with Crippen molar-refractivity contribution in [2.75, 3.05) is 0 Å². The maximum atomic E-state index is 12.1. The minimum absolute atomic E-state index is 0.285. The summed E-state index contributed by atoms with van der Waals surface area (Å²) < 4.78 is 45.0. The lowest BCUT2D eigenvalue weighted by Crippen LogP contribution is -2.17. The smallest absolute Gasteiger partial charge is 0.406 e. The van der Waals surface area contributed by atoms with Crippen LogP contribution in [0, 0.1) is 13.8 Å². The standard InChI is InChI=1S/C13H13F3N2O2/c1-7-11(8(2)20-18-7)12(17)9-3-5-10(6-4-9)19-13(14,15)16/h3-6,12H,17H2,1-2H3. The molecule has 0 amide bonds. The van der Waals surface area contributed by atoms with Gasteiger partial charge in [-0.25, -0.2) is 0 Å². The lowest BCUT2D eigenvalue weighted by molar-refractivity contribution is -0.274. The molecule has 0 aliphatic carbocycles. The van der Waals surface area contributed by atoms with Crippen LogP contribution in [0.1, 0.15) is 28.6 Å². The second-order valence-electron chi connectivity index (χ2n) is 4.33. The molecule has 2 rings (SSSR count). The van der Waals surface area contributed by atoms with Gasteiger partial charge in [0.05, 0.1) is 11.7 Å². The molecule has 7 heteroatoms. The normalized spacial score (nSPS) is 13.3. The van der Waals surface area contributed by atoms with E-state index >= 15 is 0 Å². The summed E-state index contributed by atoms with van der Waals surface area (Å²) in [5, 5.41) is 3.80. The van der Waals surface area contributed by atoms with Crippen LogP contribution in [0.15, 0.2) is 28.8 Å². The molecule has 0 fully saturated rings. The molecule has 2 aromatic rings. The number of nitrogens with two attached hydrogens (primary N) is 1. The molecule has 0 aliphatic heterocycles. The minimum atomic E-state index is -4.70. The average molecular weight is 286 g/mol. The summed E-state index contributed by atoms with van der Waals surface area (Å²) in [5.41, 5.74) is 8.11. The van der Waals surface area contributed by atoms with E-state index in [0.29, 0.717) is 17.0 Å². The fraction of sp³-hybridized carbons (Fsp3) is 0.308. The summed E-state index contributed by atoms with van der Waals surface area (Å²) in [4.78, 5) is 0. The van der Waals surface area contributed by atoms with E-state index < -0.39 is 12.4 Å². The highest BCUT2D eigenvalue weighted by Gasteiger charge is 2.31. The summed E-state index contributed by atoms with van der Waals surface area (Å²) in [6.45, 7) is 3.49. The average Bonchev–Trinajstić information content (AvgIpc) is 2.67. The van der Waals surface area contributed by atoms with Gasteiger partial charge in [0.1, 0.15) is 11.5 Å². The third-order valence-electron chi connectivity index (χ3n) is 2.87.